The summed E-state index contributed by atoms with van der Waals surface area (Å²) in [5.41, 5.74) is 10.00. The van der Waals surface area contributed by atoms with Gasteiger partial charge in [-0.2, -0.15) is 0 Å². The molecule has 38 heavy (non-hydrogen) atoms. The number of ether oxygens (including phenoxy) is 1. The van der Waals surface area contributed by atoms with Gasteiger partial charge in [-0.15, -0.1) is 0 Å². The number of carbonyl (C=O) groups is 1. The maximum absolute atomic E-state index is 12.7. The number of nitrogen functional groups attached to an aromatic ring is 1. The van der Waals surface area contributed by atoms with Crippen molar-refractivity contribution in [1.82, 2.24) is 20.2 Å². The first-order valence-corrected chi connectivity index (χ1v) is 16.8. The molecule has 202 valence electrons. The number of aromatic nitrogens is 2. The minimum absolute atomic E-state index is 0.140. The van der Waals surface area contributed by atoms with Crippen molar-refractivity contribution in [2.45, 2.75) is 56.0 Å². The normalized spacial score (nSPS) is 16.1. The molecule has 1 fully saturated rings. The Kier molecular flexibility index (Phi) is 9.81. The van der Waals surface area contributed by atoms with Gasteiger partial charge in [-0.1, -0.05) is 0 Å². The summed E-state index contributed by atoms with van der Waals surface area (Å²) in [5.74, 6) is 1.06. The number of nitrogens with two attached hydrogens (primary N) is 1. The van der Waals surface area contributed by atoms with Crippen molar-refractivity contribution < 1.29 is 9.53 Å². The van der Waals surface area contributed by atoms with Crippen molar-refractivity contribution in [2.24, 2.45) is 0 Å². The number of likely N-dealkylation sites (tertiary alicyclic amines) is 1. The molecular weight excluding hydrogens is 537 g/mol. The van der Waals surface area contributed by atoms with Gasteiger partial charge in [0.2, 0.25) is 0 Å². The fraction of sp³-hybridized carbons (Fsp3) is 0.433. The second-order valence-electron chi connectivity index (χ2n) is 10.2. The molecule has 1 aliphatic heterocycles. The van der Waals surface area contributed by atoms with Gasteiger partial charge >= 0.3 is 226 Å². The second-order valence-corrected chi connectivity index (χ2v) is 15.4. The molecule has 1 unspecified atom stereocenters. The van der Waals surface area contributed by atoms with Gasteiger partial charge in [-0.3, -0.25) is 0 Å². The average molecular weight is 578 g/mol. The van der Waals surface area contributed by atoms with E-state index in [9.17, 15) is 4.79 Å². The SMILES string of the molecule is COc1ccc([As](Cc2cnccc2C)C2CCN([C@H](C)CCNC(=O)c3c(C)ccnc3N)CC2)cc1. The molecule has 1 saturated heterocycles. The Labute approximate surface area is 231 Å². The number of aryl methyl sites for hydroxylation is 2. The van der Waals surface area contributed by atoms with Crippen molar-refractivity contribution in [3.63, 3.8) is 0 Å². The summed E-state index contributed by atoms with van der Waals surface area (Å²) in [6.07, 6.45) is 8.92. The Bertz CT molecular complexity index is 1190. The molecule has 2 aromatic heterocycles. The molecule has 1 aliphatic rings. The molecule has 3 aromatic rings. The van der Waals surface area contributed by atoms with Crippen LogP contribution in [0.25, 0.3) is 0 Å². The molecule has 1 amide bonds. The van der Waals surface area contributed by atoms with E-state index in [-0.39, 0.29) is 11.7 Å². The number of pyridine rings is 2. The first kappa shape index (κ1) is 28.1. The molecule has 3 heterocycles. The van der Waals surface area contributed by atoms with E-state index < -0.39 is 14.7 Å². The van der Waals surface area contributed by atoms with Crippen LogP contribution in [-0.4, -0.2) is 68.2 Å². The summed E-state index contributed by atoms with van der Waals surface area (Å²) >= 11 is -1.38. The molecular formula is C30H40AsN5O2. The van der Waals surface area contributed by atoms with Gasteiger partial charge in [0.15, 0.2) is 0 Å². The van der Waals surface area contributed by atoms with E-state index in [1.54, 1.807) is 13.3 Å². The average Bonchev–Trinajstić information content (AvgIpc) is 2.93. The van der Waals surface area contributed by atoms with E-state index in [1.807, 2.05) is 19.2 Å². The van der Waals surface area contributed by atoms with Crippen LogP contribution < -0.4 is 20.1 Å². The van der Waals surface area contributed by atoms with Gasteiger partial charge in [0.25, 0.3) is 0 Å². The molecule has 0 aliphatic carbocycles. The third-order valence-electron chi connectivity index (χ3n) is 7.72. The van der Waals surface area contributed by atoms with Crippen molar-refractivity contribution in [3.05, 3.63) is 77.2 Å². The monoisotopic (exact) mass is 577 g/mol. The van der Waals surface area contributed by atoms with E-state index in [0.717, 1.165) is 40.7 Å². The quantitative estimate of drug-likeness (QED) is 0.356. The van der Waals surface area contributed by atoms with Gasteiger partial charge in [0, 0.05) is 6.20 Å². The third-order valence-corrected chi connectivity index (χ3v) is 14.1. The van der Waals surface area contributed by atoms with Crippen molar-refractivity contribution in [2.75, 3.05) is 32.5 Å². The summed E-state index contributed by atoms with van der Waals surface area (Å²) in [6.45, 7) is 9.18. The molecule has 8 heteroatoms. The summed E-state index contributed by atoms with van der Waals surface area (Å²) in [5, 5.41) is 4.19. The van der Waals surface area contributed by atoms with Crippen LogP contribution in [0.2, 0.25) is 4.71 Å². The number of amides is 1. The first-order chi connectivity index (χ1) is 18.4. The number of hydrogen-bond acceptors (Lipinski definition) is 6. The topological polar surface area (TPSA) is 93.4 Å². The van der Waals surface area contributed by atoms with Gasteiger partial charge < -0.3 is 0 Å². The maximum atomic E-state index is 12.7. The Morgan fingerprint density at radius 2 is 1.84 bits per heavy atom. The molecule has 1 aromatic carbocycles. The zero-order valence-corrected chi connectivity index (χ0v) is 24.9. The zero-order valence-electron chi connectivity index (χ0n) is 23.0. The van der Waals surface area contributed by atoms with Crippen LogP contribution in [0, 0.1) is 13.8 Å². The predicted octanol–water partition coefficient (Wildman–Crippen LogP) is 3.84. The summed E-state index contributed by atoms with van der Waals surface area (Å²) in [4.78, 5) is 23.7. The number of nitrogens with zero attached hydrogens (tertiary/aromatic N) is 3. The van der Waals surface area contributed by atoms with Crippen LogP contribution in [0.15, 0.2) is 55.0 Å². The number of benzene rings is 1. The predicted molar refractivity (Wildman–Crippen MR) is 155 cm³/mol. The van der Waals surface area contributed by atoms with Crippen LogP contribution in [0.1, 0.15) is 53.2 Å². The number of rotatable bonds is 10. The van der Waals surface area contributed by atoms with Crippen LogP contribution in [0.4, 0.5) is 5.82 Å². The van der Waals surface area contributed by atoms with E-state index >= 15 is 0 Å². The minimum atomic E-state index is -1.38. The molecule has 3 N–H and O–H groups in total. The van der Waals surface area contributed by atoms with Gasteiger partial charge in [0.05, 0.1) is 0 Å². The summed E-state index contributed by atoms with van der Waals surface area (Å²) in [6, 6.07) is 13.2. The number of nitrogens with one attached hydrogen (secondary N) is 1. The Hall–Kier alpha value is -2.89. The van der Waals surface area contributed by atoms with E-state index in [0.29, 0.717) is 18.2 Å². The Balaban J connectivity index is 1.34. The molecule has 0 radical (unpaired) electrons. The van der Waals surface area contributed by atoms with Crippen LogP contribution in [-0.2, 0) is 5.21 Å². The van der Waals surface area contributed by atoms with E-state index in [4.69, 9.17) is 10.5 Å². The number of hydrogen-bond donors (Lipinski definition) is 2. The fourth-order valence-corrected chi connectivity index (χ4v) is 11.4. The van der Waals surface area contributed by atoms with E-state index in [2.05, 4.69) is 70.6 Å². The Morgan fingerprint density at radius 3 is 2.50 bits per heavy atom. The van der Waals surface area contributed by atoms with Crippen molar-refractivity contribution in [3.8, 4) is 5.75 Å². The summed E-state index contributed by atoms with van der Waals surface area (Å²) < 4.78 is 7.68. The molecule has 0 bridgehead atoms. The number of carbonyl (C=O) groups excluding carboxylic acids is 1. The van der Waals surface area contributed by atoms with Gasteiger partial charge in [-0.25, -0.2) is 0 Å². The van der Waals surface area contributed by atoms with Crippen LogP contribution in [0.5, 0.6) is 5.75 Å². The second kappa shape index (κ2) is 13.3. The van der Waals surface area contributed by atoms with Gasteiger partial charge in [0.1, 0.15) is 0 Å². The molecule has 0 saturated carbocycles. The molecule has 2 atom stereocenters. The molecule has 7 nitrogen and oxygen atoms in total. The Morgan fingerprint density at radius 1 is 1.13 bits per heavy atom. The number of anilines is 1. The first-order valence-electron chi connectivity index (χ1n) is 13.4. The summed E-state index contributed by atoms with van der Waals surface area (Å²) in [7, 11) is 1.72. The van der Waals surface area contributed by atoms with Gasteiger partial charge in [-0.05, 0) is 0 Å². The molecule has 4 rings (SSSR count). The zero-order chi connectivity index (χ0) is 27.1. The van der Waals surface area contributed by atoms with Crippen LogP contribution >= 0.6 is 0 Å². The standard InChI is InChI=1S/C30H40AsN5O2/c1-21-9-14-33-20-24(21)19-31(25-5-7-27(38-4)8-6-25)26-12-17-36(18-13-26)23(3)11-16-35-30(37)28-22(2)10-15-34-29(28)32/h5-10,14-15,20,23,26H,11-13,16-19H2,1-4H3,(H2,32,34)(H,35,37)/t23-,31?/m1/s1. The number of piperidine rings is 1. The number of methoxy groups -OCH3 is 1. The van der Waals surface area contributed by atoms with Crippen LogP contribution in [0.3, 0.4) is 0 Å². The van der Waals surface area contributed by atoms with E-state index in [1.165, 1.54) is 28.3 Å². The fourth-order valence-electron chi connectivity index (χ4n) is 5.23. The van der Waals surface area contributed by atoms with Crippen molar-refractivity contribution >= 4 is 30.7 Å². The van der Waals surface area contributed by atoms with Crippen molar-refractivity contribution in [1.29, 1.82) is 0 Å². The third kappa shape index (κ3) is 6.94. The molecule has 0 spiro atoms.